The molecule has 1 aliphatic heterocycles. The van der Waals surface area contributed by atoms with Gasteiger partial charge in [0.05, 0.1) is 17.4 Å². The van der Waals surface area contributed by atoms with E-state index in [0.717, 1.165) is 62.0 Å². The number of piperidine rings is 1. The molecule has 7 nitrogen and oxygen atoms in total. The molecule has 1 unspecified atom stereocenters. The molecule has 1 heterocycles. The van der Waals surface area contributed by atoms with E-state index in [0.29, 0.717) is 6.54 Å². The number of carbonyl (C=O) groups is 2. The van der Waals surface area contributed by atoms with Crippen molar-refractivity contribution in [3.8, 4) is 0 Å². The highest BCUT2D eigenvalue weighted by molar-refractivity contribution is 7.90. The van der Waals surface area contributed by atoms with Crippen LogP contribution in [0.5, 0.6) is 0 Å². The molecule has 0 radical (unpaired) electrons. The van der Waals surface area contributed by atoms with Crippen molar-refractivity contribution in [2.24, 2.45) is 0 Å². The molecule has 1 aliphatic rings. The summed E-state index contributed by atoms with van der Waals surface area (Å²) in [6.45, 7) is 9.23. The molecule has 0 aromatic heterocycles. The molecular weight excluding hydrogens is 510 g/mol. The molecule has 8 heteroatoms. The lowest BCUT2D eigenvalue weighted by Crippen LogP contribution is -2.48. The van der Waals surface area contributed by atoms with Gasteiger partial charge in [0.2, 0.25) is 11.8 Å². The standard InChI is InChI=1S/C31H43N3O4S/c1-5-10-24(3)31(36)32-29(26-11-8-7-9-12-26)19-22-33-20-17-27(18-21-33)34(6-2)30(35)23-25-13-15-28(16-14-25)39(4,37)38/h7-16,27,29H,5-6,17-23H2,1-4H3,(H,32,36)/b24-10+. The number of sulfone groups is 1. The van der Waals surface area contributed by atoms with Gasteiger partial charge in [-0.3, -0.25) is 9.59 Å². The number of nitrogens with one attached hydrogen (secondary N) is 1. The van der Waals surface area contributed by atoms with E-state index in [1.165, 1.54) is 6.26 Å². The first kappa shape index (κ1) is 30.6. The summed E-state index contributed by atoms with van der Waals surface area (Å²) in [7, 11) is -3.25. The molecule has 3 rings (SSSR count). The lowest BCUT2D eigenvalue weighted by atomic mass is 9.99. The van der Waals surface area contributed by atoms with Crippen LogP contribution >= 0.6 is 0 Å². The predicted octanol–water partition coefficient (Wildman–Crippen LogP) is 4.55. The van der Waals surface area contributed by atoms with E-state index in [1.54, 1.807) is 24.3 Å². The first-order chi connectivity index (χ1) is 18.6. The zero-order valence-electron chi connectivity index (χ0n) is 23.7. The highest BCUT2D eigenvalue weighted by Crippen LogP contribution is 2.22. The Morgan fingerprint density at radius 3 is 2.26 bits per heavy atom. The van der Waals surface area contributed by atoms with Crippen LogP contribution in [0.25, 0.3) is 0 Å². The largest absolute Gasteiger partial charge is 0.345 e. The summed E-state index contributed by atoms with van der Waals surface area (Å²) in [5.41, 5.74) is 2.67. The van der Waals surface area contributed by atoms with E-state index >= 15 is 0 Å². The maximum atomic E-state index is 13.1. The van der Waals surface area contributed by atoms with Crippen LogP contribution < -0.4 is 5.32 Å². The van der Waals surface area contributed by atoms with Gasteiger partial charge < -0.3 is 15.1 Å². The molecule has 2 amide bonds. The van der Waals surface area contributed by atoms with Crippen molar-refractivity contribution in [3.05, 3.63) is 77.4 Å². The van der Waals surface area contributed by atoms with Crippen LogP contribution in [0.1, 0.15) is 63.6 Å². The lowest BCUT2D eigenvalue weighted by Gasteiger charge is -2.38. The summed E-state index contributed by atoms with van der Waals surface area (Å²) in [5, 5.41) is 3.22. The van der Waals surface area contributed by atoms with Gasteiger partial charge in [0, 0.05) is 44.0 Å². The third-order valence-corrected chi connectivity index (χ3v) is 8.60. The number of rotatable bonds is 12. The Labute approximate surface area is 234 Å². The third kappa shape index (κ3) is 9.04. The van der Waals surface area contributed by atoms with Crippen molar-refractivity contribution in [2.45, 2.75) is 69.9 Å². The summed E-state index contributed by atoms with van der Waals surface area (Å²) in [4.78, 5) is 30.5. The molecule has 0 aliphatic carbocycles. The Morgan fingerprint density at radius 2 is 1.69 bits per heavy atom. The number of likely N-dealkylation sites (tertiary alicyclic amines) is 1. The van der Waals surface area contributed by atoms with Crippen molar-refractivity contribution in [1.82, 2.24) is 15.1 Å². The van der Waals surface area contributed by atoms with Gasteiger partial charge in [-0.1, -0.05) is 55.5 Å². The fraction of sp³-hybridized carbons (Fsp3) is 0.484. The smallest absolute Gasteiger partial charge is 0.247 e. The monoisotopic (exact) mass is 553 g/mol. The number of nitrogens with zero attached hydrogens (tertiary/aromatic N) is 2. The number of hydrogen-bond acceptors (Lipinski definition) is 5. The second kappa shape index (κ2) is 14.4. The zero-order chi connectivity index (χ0) is 28.4. The van der Waals surface area contributed by atoms with Gasteiger partial charge in [-0.15, -0.1) is 0 Å². The van der Waals surface area contributed by atoms with Crippen LogP contribution in [0, 0.1) is 0 Å². The summed E-state index contributed by atoms with van der Waals surface area (Å²) in [6.07, 6.45) is 6.87. The van der Waals surface area contributed by atoms with Crippen molar-refractivity contribution >= 4 is 21.7 Å². The third-order valence-electron chi connectivity index (χ3n) is 7.48. The topological polar surface area (TPSA) is 86.8 Å². The van der Waals surface area contributed by atoms with E-state index in [1.807, 2.05) is 49.9 Å². The quantitative estimate of drug-likeness (QED) is 0.390. The zero-order valence-corrected chi connectivity index (χ0v) is 24.5. The van der Waals surface area contributed by atoms with E-state index in [2.05, 4.69) is 22.3 Å². The molecule has 1 saturated heterocycles. The maximum Gasteiger partial charge on any atom is 0.247 e. The van der Waals surface area contributed by atoms with Gasteiger partial charge >= 0.3 is 0 Å². The number of likely N-dealkylation sites (N-methyl/N-ethyl adjacent to an activating group) is 1. The average Bonchev–Trinajstić information content (AvgIpc) is 2.92. The number of amides is 2. The number of hydrogen-bond donors (Lipinski definition) is 1. The van der Waals surface area contributed by atoms with E-state index in [-0.39, 0.29) is 35.2 Å². The Morgan fingerprint density at radius 1 is 1.05 bits per heavy atom. The van der Waals surface area contributed by atoms with Gasteiger partial charge in [0.15, 0.2) is 9.84 Å². The first-order valence-electron chi connectivity index (χ1n) is 14.0. The Kier molecular flexibility index (Phi) is 11.3. The van der Waals surface area contributed by atoms with Crippen LogP contribution in [0.4, 0.5) is 0 Å². The van der Waals surface area contributed by atoms with Gasteiger partial charge in [-0.2, -0.15) is 0 Å². The second-order valence-corrected chi connectivity index (χ2v) is 12.4. The fourth-order valence-corrected chi connectivity index (χ4v) is 5.84. The van der Waals surface area contributed by atoms with Crippen molar-refractivity contribution in [1.29, 1.82) is 0 Å². The molecule has 2 aromatic rings. The van der Waals surface area contributed by atoms with Crippen LogP contribution in [0.3, 0.4) is 0 Å². The fourth-order valence-electron chi connectivity index (χ4n) is 5.21. The first-order valence-corrected chi connectivity index (χ1v) is 15.8. The van der Waals surface area contributed by atoms with Crippen LogP contribution in [-0.4, -0.2) is 68.5 Å². The maximum absolute atomic E-state index is 13.1. The highest BCUT2D eigenvalue weighted by atomic mass is 32.2. The molecule has 39 heavy (non-hydrogen) atoms. The summed E-state index contributed by atoms with van der Waals surface area (Å²) < 4.78 is 23.4. The van der Waals surface area contributed by atoms with Crippen LogP contribution in [-0.2, 0) is 25.8 Å². The lowest BCUT2D eigenvalue weighted by molar-refractivity contribution is -0.133. The van der Waals surface area contributed by atoms with Crippen LogP contribution in [0.2, 0.25) is 0 Å². The minimum atomic E-state index is -3.25. The number of benzene rings is 2. The van der Waals surface area contributed by atoms with E-state index in [9.17, 15) is 18.0 Å². The summed E-state index contributed by atoms with van der Waals surface area (Å²) in [6, 6.07) is 16.9. The number of carbonyl (C=O) groups excluding carboxylic acids is 2. The predicted molar refractivity (Wildman–Crippen MR) is 156 cm³/mol. The Balaban J connectivity index is 1.54. The minimum Gasteiger partial charge on any atom is -0.345 e. The minimum absolute atomic E-state index is 0.0209. The molecule has 0 bridgehead atoms. The van der Waals surface area contributed by atoms with Crippen LogP contribution in [0.15, 0.2) is 71.1 Å². The highest BCUT2D eigenvalue weighted by Gasteiger charge is 2.27. The normalized spacial score (nSPS) is 16.1. The molecule has 212 valence electrons. The molecule has 0 spiro atoms. The summed E-state index contributed by atoms with van der Waals surface area (Å²) in [5.74, 6) is 0.0536. The Hall–Kier alpha value is -2.97. The molecule has 1 atom stereocenters. The molecule has 1 fully saturated rings. The SMILES string of the molecule is CC/C=C(\C)C(=O)NC(CCN1CCC(N(CC)C(=O)Cc2ccc(S(C)(=O)=O)cc2)CC1)c1ccccc1. The van der Waals surface area contributed by atoms with Gasteiger partial charge in [-0.25, -0.2) is 8.42 Å². The molecule has 2 aromatic carbocycles. The number of allylic oxidation sites excluding steroid dienone is 1. The molecular formula is C31H43N3O4S. The summed E-state index contributed by atoms with van der Waals surface area (Å²) >= 11 is 0. The van der Waals surface area contributed by atoms with Gasteiger partial charge in [0.25, 0.3) is 0 Å². The second-order valence-electron chi connectivity index (χ2n) is 10.4. The van der Waals surface area contributed by atoms with E-state index in [4.69, 9.17) is 0 Å². The van der Waals surface area contributed by atoms with Gasteiger partial charge in [-0.05, 0) is 62.8 Å². The van der Waals surface area contributed by atoms with E-state index < -0.39 is 9.84 Å². The molecule has 1 N–H and O–H groups in total. The van der Waals surface area contributed by atoms with Crippen molar-refractivity contribution < 1.29 is 18.0 Å². The molecule has 0 saturated carbocycles. The Bertz CT molecular complexity index is 1220. The van der Waals surface area contributed by atoms with Crippen molar-refractivity contribution in [3.63, 3.8) is 0 Å². The van der Waals surface area contributed by atoms with Crippen molar-refractivity contribution in [2.75, 3.05) is 32.4 Å². The average molecular weight is 554 g/mol. The van der Waals surface area contributed by atoms with Gasteiger partial charge in [0.1, 0.15) is 0 Å².